The molecule has 39 heavy (non-hydrogen) atoms. The van der Waals surface area contributed by atoms with Gasteiger partial charge in [0.25, 0.3) is 5.91 Å². The number of H-pyrrole nitrogens is 1. The number of aromatic amines is 1. The molecule has 4 aromatic carbocycles. The zero-order chi connectivity index (χ0) is 27.4. The maximum Gasteiger partial charge on any atom is 0.343 e. The molecule has 194 valence electrons. The Morgan fingerprint density at radius 3 is 2.46 bits per heavy atom. The Bertz CT molecular complexity index is 1710. The average Bonchev–Trinajstić information content (AvgIpc) is 3.32. The van der Waals surface area contributed by atoms with Gasteiger partial charge in [0.1, 0.15) is 17.2 Å². The third-order valence-corrected chi connectivity index (χ3v) is 6.47. The summed E-state index contributed by atoms with van der Waals surface area (Å²) < 4.78 is 10.7. The lowest BCUT2D eigenvalue weighted by molar-refractivity contribution is 0.0734. The molecule has 1 aromatic heterocycles. The highest BCUT2D eigenvalue weighted by Crippen LogP contribution is 2.37. The van der Waals surface area contributed by atoms with E-state index in [9.17, 15) is 9.59 Å². The van der Waals surface area contributed by atoms with Gasteiger partial charge in [-0.2, -0.15) is 5.10 Å². The number of hydrazone groups is 1. The fourth-order valence-corrected chi connectivity index (χ4v) is 4.43. The van der Waals surface area contributed by atoms with Crippen molar-refractivity contribution in [1.82, 2.24) is 10.4 Å². The van der Waals surface area contributed by atoms with Crippen LogP contribution in [0.3, 0.4) is 0 Å². The fourth-order valence-electron chi connectivity index (χ4n) is 4.20. The summed E-state index contributed by atoms with van der Waals surface area (Å²) >= 11 is 6.51. The first-order valence-corrected chi connectivity index (χ1v) is 12.5. The highest BCUT2D eigenvalue weighted by Gasteiger charge is 2.21. The van der Waals surface area contributed by atoms with Gasteiger partial charge >= 0.3 is 5.97 Å². The van der Waals surface area contributed by atoms with Crippen LogP contribution in [0.2, 0.25) is 5.02 Å². The summed E-state index contributed by atoms with van der Waals surface area (Å²) in [5.41, 5.74) is 7.09. The van der Waals surface area contributed by atoms with Gasteiger partial charge in [-0.3, -0.25) is 4.79 Å². The van der Waals surface area contributed by atoms with Crippen molar-refractivity contribution in [2.24, 2.45) is 5.10 Å². The predicted octanol–water partition coefficient (Wildman–Crippen LogP) is 6.79. The number of ether oxygens (including phenoxy) is 2. The van der Waals surface area contributed by atoms with E-state index in [1.807, 2.05) is 43.3 Å². The number of carbonyl (C=O) groups is 2. The van der Waals surface area contributed by atoms with Crippen molar-refractivity contribution < 1.29 is 19.1 Å². The lowest BCUT2D eigenvalue weighted by Crippen LogP contribution is -2.19. The number of methoxy groups -OCH3 is 1. The molecule has 0 fully saturated rings. The summed E-state index contributed by atoms with van der Waals surface area (Å²) in [5, 5.41) is 5.56. The maximum atomic E-state index is 13.3. The number of carbonyl (C=O) groups excluding carboxylic acids is 2. The number of para-hydroxylation sites is 1. The van der Waals surface area contributed by atoms with Gasteiger partial charge in [-0.1, -0.05) is 53.6 Å². The second-order valence-corrected chi connectivity index (χ2v) is 9.17. The van der Waals surface area contributed by atoms with E-state index in [2.05, 4.69) is 15.5 Å². The molecule has 8 heteroatoms. The molecule has 0 saturated carbocycles. The summed E-state index contributed by atoms with van der Waals surface area (Å²) in [5.74, 6) is -0.0326. The quantitative estimate of drug-likeness (QED) is 0.103. The molecule has 1 amide bonds. The third kappa shape index (κ3) is 5.54. The van der Waals surface area contributed by atoms with Crippen LogP contribution in [0.25, 0.3) is 22.0 Å². The molecule has 7 nitrogen and oxygen atoms in total. The van der Waals surface area contributed by atoms with Crippen molar-refractivity contribution >= 4 is 40.6 Å². The number of benzene rings is 4. The van der Waals surface area contributed by atoms with E-state index >= 15 is 0 Å². The topological polar surface area (TPSA) is 92.8 Å². The van der Waals surface area contributed by atoms with Crippen LogP contribution < -0.4 is 14.9 Å². The van der Waals surface area contributed by atoms with E-state index in [0.29, 0.717) is 38.9 Å². The number of hydrogen-bond donors (Lipinski definition) is 2. The van der Waals surface area contributed by atoms with Crippen molar-refractivity contribution in [3.8, 4) is 22.6 Å². The normalized spacial score (nSPS) is 11.1. The van der Waals surface area contributed by atoms with Crippen LogP contribution >= 0.6 is 11.6 Å². The number of fused-ring (bicyclic) bond motifs is 1. The largest absolute Gasteiger partial charge is 0.497 e. The number of nitrogens with zero attached hydrogens (tertiary/aromatic N) is 1. The Morgan fingerprint density at radius 1 is 0.949 bits per heavy atom. The summed E-state index contributed by atoms with van der Waals surface area (Å²) in [6.45, 7) is 1.99. The van der Waals surface area contributed by atoms with Crippen LogP contribution in [-0.2, 0) is 0 Å². The first kappa shape index (κ1) is 25.8. The van der Waals surface area contributed by atoms with E-state index in [0.717, 1.165) is 22.0 Å². The number of nitrogens with one attached hydrogen (secondary N) is 2. The molecule has 2 N–H and O–H groups in total. The Balaban J connectivity index is 1.39. The molecule has 0 saturated heterocycles. The van der Waals surface area contributed by atoms with Crippen molar-refractivity contribution in [2.75, 3.05) is 7.11 Å². The van der Waals surface area contributed by atoms with Crippen molar-refractivity contribution in [3.05, 3.63) is 118 Å². The Kier molecular flexibility index (Phi) is 7.43. The van der Waals surface area contributed by atoms with Gasteiger partial charge in [0, 0.05) is 32.6 Å². The summed E-state index contributed by atoms with van der Waals surface area (Å²) in [7, 11) is 1.55. The second kappa shape index (κ2) is 11.2. The Hall–Kier alpha value is -4.88. The van der Waals surface area contributed by atoms with E-state index in [-0.39, 0.29) is 0 Å². The molecule has 0 unspecified atom stereocenters. The van der Waals surface area contributed by atoms with Gasteiger partial charge in [-0.25, -0.2) is 10.2 Å². The van der Waals surface area contributed by atoms with Crippen LogP contribution in [0.1, 0.15) is 32.0 Å². The standard InChI is InChI=1S/C31H24ClN3O4/c1-19-11-16-26-24(17-19)28(23-8-4-5-9-25(23)32)29(34-26)30(36)35-33-18-21-7-3-6-10-27(21)39-31(37)20-12-14-22(38-2)15-13-20/h3-18,34H,1-2H3,(H,35,36). The van der Waals surface area contributed by atoms with Gasteiger partial charge in [0.05, 0.1) is 18.9 Å². The summed E-state index contributed by atoms with van der Waals surface area (Å²) in [6, 6.07) is 26.8. The summed E-state index contributed by atoms with van der Waals surface area (Å²) in [6.07, 6.45) is 1.43. The molecule has 0 aliphatic heterocycles. The predicted molar refractivity (Wildman–Crippen MR) is 153 cm³/mol. The number of esters is 1. The lowest BCUT2D eigenvalue weighted by atomic mass is 10.0. The van der Waals surface area contributed by atoms with E-state index in [1.165, 1.54) is 6.21 Å². The van der Waals surface area contributed by atoms with Crippen molar-refractivity contribution in [2.45, 2.75) is 6.92 Å². The van der Waals surface area contributed by atoms with Crippen LogP contribution in [0.15, 0.2) is 96.1 Å². The number of hydrogen-bond acceptors (Lipinski definition) is 5. The van der Waals surface area contributed by atoms with Crippen molar-refractivity contribution in [1.29, 1.82) is 0 Å². The fraction of sp³-hybridized carbons (Fsp3) is 0.0645. The lowest BCUT2D eigenvalue weighted by Gasteiger charge is -2.08. The third-order valence-electron chi connectivity index (χ3n) is 6.14. The minimum atomic E-state index is -0.528. The minimum absolute atomic E-state index is 0.300. The summed E-state index contributed by atoms with van der Waals surface area (Å²) in [4.78, 5) is 29.2. The zero-order valence-corrected chi connectivity index (χ0v) is 22.0. The number of halogens is 1. The van der Waals surface area contributed by atoms with Crippen LogP contribution in [0.4, 0.5) is 0 Å². The number of aryl methyl sites for hydroxylation is 1. The molecule has 1 heterocycles. The molecular formula is C31H24ClN3O4. The van der Waals surface area contributed by atoms with Crippen LogP contribution in [-0.4, -0.2) is 30.2 Å². The highest BCUT2D eigenvalue weighted by molar-refractivity contribution is 6.34. The first-order chi connectivity index (χ1) is 18.9. The average molecular weight is 538 g/mol. The Labute approximate surface area is 230 Å². The molecular weight excluding hydrogens is 514 g/mol. The van der Waals surface area contributed by atoms with Crippen molar-refractivity contribution in [3.63, 3.8) is 0 Å². The molecule has 5 rings (SSSR count). The monoisotopic (exact) mass is 537 g/mol. The van der Waals surface area contributed by atoms with E-state index in [1.54, 1.807) is 61.7 Å². The van der Waals surface area contributed by atoms with E-state index < -0.39 is 11.9 Å². The second-order valence-electron chi connectivity index (χ2n) is 8.76. The number of rotatable bonds is 7. The van der Waals surface area contributed by atoms with Gasteiger partial charge in [0.15, 0.2) is 0 Å². The smallest absolute Gasteiger partial charge is 0.343 e. The number of amides is 1. The number of aromatic nitrogens is 1. The first-order valence-electron chi connectivity index (χ1n) is 12.1. The molecule has 0 aliphatic carbocycles. The van der Waals surface area contributed by atoms with Crippen LogP contribution in [0, 0.1) is 6.92 Å². The molecule has 0 aliphatic rings. The van der Waals surface area contributed by atoms with Crippen LogP contribution in [0.5, 0.6) is 11.5 Å². The van der Waals surface area contributed by atoms with Gasteiger partial charge in [0.2, 0.25) is 0 Å². The SMILES string of the molecule is COc1ccc(C(=O)Oc2ccccc2C=NNC(=O)c2[nH]c3ccc(C)cc3c2-c2ccccc2Cl)cc1. The van der Waals surface area contributed by atoms with Gasteiger partial charge < -0.3 is 14.5 Å². The molecule has 0 spiro atoms. The highest BCUT2D eigenvalue weighted by atomic mass is 35.5. The van der Waals surface area contributed by atoms with Gasteiger partial charge in [-0.15, -0.1) is 0 Å². The molecule has 5 aromatic rings. The minimum Gasteiger partial charge on any atom is -0.497 e. The zero-order valence-electron chi connectivity index (χ0n) is 21.2. The maximum absolute atomic E-state index is 13.3. The Morgan fingerprint density at radius 2 is 1.69 bits per heavy atom. The van der Waals surface area contributed by atoms with E-state index in [4.69, 9.17) is 21.1 Å². The van der Waals surface area contributed by atoms with Gasteiger partial charge in [-0.05, 0) is 61.5 Å². The molecule has 0 bridgehead atoms. The molecule has 0 atom stereocenters. The molecule has 0 radical (unpaired) electrons.